The van der Waals surface area contributed by atoms with Crippen molar-refractivity contribution in [3.05, 3.63) is 36.0 Å². The third-order valence-electron chi connectivity index (χ3n) is 5.31. The average Bonchev–Trinajstić information content (AvgIpc) is 3.09. The maximum atomic E-state index is 3.68. The van der Waals surface area contributed by atoms with E-state index in [0.29, 0.717) is 6.04 Å². The average molecular weight is 369 g/mol. The molecule has 2 N–H and O–H groups in total. The van der Waals surface area contributed by atoms with Gasteiger partial charge in [0.2, 0.25) is 0 Å². The summed E-state index contributed by atoms with van der Waals surface area (Å²) in [5.74, 6) is 9.31. The van der Waals surface area contributed by atoms with Crippen molar-refractivity contribution in [3.8, 4) is 11.8 Å². The lowest BCUT2D eigenvalue weighted by atomic mass is 10.0. The number of piperazine rings is 1. The van der Waals surface area contributed by atoms with Crippen molar-refractivity contribution >= 4 is 22.7 Å². The van der Waals surface area contributed by atoms with E-state index in [1.165, 1.54) is 41.1 Å². The monoisotopic (exact) mass is 368 g/mol. The Kier molecular flexibility index (Phi) is 6.18. The molecule has 0 radical (unpaired) electrons. The summed E-state index contributed by atoms with van der Waals surface area (Å²) >= 11 is 2.06. The molecule has 2 fully saturated rings. The van der Waals surface area contributed by atoms with Gasteiger partial charge in [0.1, 0.15) is 0 Å². The van der Waals surface area contributed by atoms with E-state index in [9.17, 15) is 0 Å². The largest absolute Gasteiger partial charge is 0.361 e. The number of thioether (sulfide) groups is 1. The smallest absolute Gasteiger partial charge is 0.0603 e. The van der Waals surface area contributed by atoms with E-state index in [4.69, 9.17) is 0 Å². The first-order valence-corrected chi connectivity index (χ1v) is 10.8. The van der Waals surface area contributed by atoms with Gasteiger partial charge in [-0.15, -0.1) is 0 Å². The number of H-pyrrole nitrogens is 1. The number of fused-ring (bicyclic) bond motifs is 1. The van der Waals surface area contributed by atoms with E-state index < -0.39 is 0 Å². The molecule has 1 unspecified atom stereocenters. The number of aromatic amines is 1. The van der Waals surface area contributed by atoms with Crippen molar-refractivity contribution < 1.29 is 0 Å². The molecule has 0 saturated carbocycles. The van der Waals surface area contributed by atoms with Crippen LogP contribution in [0.25, 0.3) is 10.9 Å². The molecule has 3 heterocycles. The molecule has 26 heavy (non-hydrogen) atoms. The number of aromatic nitrogens is 1. The number of nitrogens with zero attached hydrogens (tertiary/aromatic N) is 2. The first-order chi connectivity index (χ1) is 12.9. The fourth-order valence-electron chi connectivity index (χ4n) is 3.84. The summed E-state index contributed by atoms with van der Waals surface area (Å²) in [4.78, 5) is 8.36. The van der Waals surface area contributed by atoms with Crippen molar-refractivity contribution in [2.75, 3.05) is 57.3 Å². The van der Waals surface area contributed by atoms with Crippen molar-refractivity contribution in [3.63, 3.8) is 0 Å². The summed E-state index contributed by atoms with van der Waals surface area (Å²) in [7, 11) is 0. The molecule has 138 valence electrons. The molecule has 1 aromatic heterocycles. The third kappa shape index (κ3) is 4.63. The Morgan fingerprint density at radius 3 is 2.73 bits per heavy atom. The van der Waals surface area contributed by atoms with Gasteiger partial charge in [0.25, 0.3) is 0 Å². The molecule has 1 aromatic carbocycles. The van der Waals surface area contributed by atoms with Crippen molar-refractivity contribution in [1.29, 1.82) is 0 Å². The summed E-state index contributed by atoms with van der Waals surface area (Å²) in [6.07, 6.45) is 3.24. The molecule has 0 spiro atoms. The van der Waals surface area contributed by atoms with Crippen LogP contribution in [-0.2, 0) is 6.42 Å². The Morgan fingerprint density at radius 2 is 1.85 bits per heavy atom. The van der Waals surface area contributed by atoms with E-state index >= 15 is 0 Å². The predicted octanol–water partition coefficient (Wildman–Crippen LogP) is 2.04. The highest BCUT2D eigenvalue weighted by Crippen LogP contribution is 2.19. The Balaban J connectivity index is 1.27. The van der Waals surface area contributed by atoms with Gasteiger partial charge in [-0.05, 0) is 18.1 Å². The first-order valence-electron chi connectivity index (χ1n) is 9.65. The zero-order valence-corrected chi connectivity index (χ0v) is 16.2. The van der Waals surface area contributed by atoms with Gasteiger partial charge in [-0.25, -0.2) is 0 Å². The van der Waals surface area contributed by atoms with Crippen LogP contribution in [0.1, 0.15) is 5.56 Å². The minimum atomic E-state index is 0.504. The van der Waals surface area contributed by atoms with Crippen molar-refractivity contribution in [2.24, 2.45) is 0 Å². The molecule has 5 heteroatoms. The quantitative estimate of drug-likeness (QED) is 0.810. The highest BCUT2D eigenvalue weighted by molar-refractivity contribution is 7.99. The molecular formula is C21H28N4S. The first kappa shape index (κ1) is 17.9. The Labute approximate surface area is 160 Å². The fourth-order valence-corrected chi connectivity index (χ4v) is 4.81. The molecule has 2 aliphatic rings. The van der Waals surface area contributed by atoms with Crippen LogP contribution < -0.4 is 5.32 Å². The van der Waals surface area contributed by atoms with Crippen LogP contribution in [0.4, 0.5) is 0 Å². The lowest BCUT2D eigenvalue weighted by molar-refractivity contribution is 0.220. The standard InChI is InChI=1S/C21H28N4S/c1-2-6-21-20(5-1)18(16-23-21)15-19-17-25(10-7-22-19)9-4-3-8-24-11-13-26-14-12-24/h1-2,5-6,16,19,22-23H,7-15,17H2. The van der Waals surface area contributed by atoms with Gasteiger partial charge in [0, 0.05) is 67.4 Å². The maximum Gasteiger partial charge on any atom is 0.0603 e. The summed E-state index contributed by atoms with van der Waals surface area (Å²) in [5.41, 5.74) is 2.64. The maximum absolute atomic E-state index is 3.68. The van der Waals surface area contributed by atoms with Crippen LogP contribution in [0.3, 0.4) is 0 Å². The van der Waals surface area contributed by atoms with Gasteiger partial charge in [-0.1, -0.05) is 30.0 Å². The minimum Gasteiger partial charge on any atom is -0.361 e. The fraction of sp³-hybridized carbons (Fsp3) is 0.524. The highest BCUT2D eigenvalue weighted by atomic mass is 32.2. The second-order valence-corrected chi connectivity index (χ2v) is 8.42. The van der Waals surface area contributed by atoms with E-state index in [0.717, 1.165) is 39.1 Å². The predicted molar refractivity (Wildman–Crippen MR) is 112 cm³/mol. The van der Waals surface area contributed by atoms with Gasteiger partial charge in [-0.3, -0.25) is 9.80 Å². The Hall–Kier alpha value is -1.45. The molecule has 2 aromatic rings. The summed E-state index contributed by atoms with van der Waals surface area (Å²) in [6, 6.07) is 9.08. The van der Waals surface area contributed by atoms with E-state index in [1.807, 2.05) is 0 Å². The van der Waals surface area contributed by atoms with Gasteiger partial charge in [-0.2, -0.15) is 11.8 Å². The molecular weight excluding hydrogens is 340 g/mol. The Morgan fingerprint density at radius 1 is 1.04 bits per heavy atom. The van der Waals surface area contributed by atoms with Gasteiger partial charge >= 0.3 is 0 Å². The molecule has 2 saturated heterocycles. The minimum absolute atomic E-state index is 0.504. The zero-order valence-electron chi connectivity index (χ0n) is 15.3. The molecule has 4 rings (SSSR count). The van der Waals surface area contributed by atoms with Crippen molar-refractivity contribution in [2.45, 2.75) is 12.5 Å². The number of hydrogen-bond acceptors (Lipinski definition) is 4. The lowest BCUT2D eigenvalue weighted by Gasteiger charge is -2.32. The molecule has 2 aliphatic heterocycles. The second kappa shape index (κ2) is 8.96. The van der Waals surface area contributed by atoms with Gasteiger partial charge in [0.15, 0.2) is 0 Å². The second-order valence-electron chi connectivity index (χ2n) is 7.19. The van der Waals surface area contributed by atoms with E-state index in [2.05, 4.69) is 74.2 Å². The SMILES string of the molecule is C(#CCN1CCNC(Cc2c[nH]c3ccccc23)C1)CN1CCSCC1. The summed E-state index contributed by atoms with van der Waals surface area (Å²) in [5, 5.41) is 5.03. The van der Waals surface area contributed by atoms with Crippen LogP contribution in [-0.4, -0.2) is 78.1 Å². The normalized spacial score (nSPS) is 22.2. The summed E-state index contributed by atoms with van der Waals surface area (Å²) in [6.45, 7) is 7.45. The lowest BCUT2D eigenvalue weighted by Crippen LogP contribution is -2.51. The number of hydrogen-bond donors (Lipinski definition) is 2. The molecule has 0 bridgehead atoms. The molecule has 0 amide bonds. The molecule has 0 aliphatic carbocycles. The Bertz CT molecular complexity index is 769. The van der Waals surface area contributed by atoms with Crippen LogP contribution in [0.15, 0.2) is 30.5 Å². The number of para-hydroxylation sites is 1. The topological polar surface area (TPSA) is 34.3 Å². The number of benzene rings is 1. The summed E-state index contributed by atoms with van der Waals surface area (Å²) < 4.78 is 0. The van der Waals surface area contributed by atoms with Gasteiger partial charge in [0.05, 0.1) is 13.1 Å². The van der Waals surface area contributed by atoms with E-state index in [-0.39, 0.29) is 0 Å². The van der Waals surface area contributed by atoms with Crippen molar-refractivity contribution in [1.82, 2.24) is 20.1 Å². The number of nitrogens with one attached hydrogen (secondary N) is 2. The number of rotatable bonds is 4. The molecule has 4 nitrogen and oxygen atoms in total. The van der Waals surface area contributed by atoms with Gasteiger partial charge < -0.3 is 10.3 Å². The van der Waals surface area contributed by atoms with E-state index in [1.54, 1.807) is 0 Å². The zero-order chi connectivity index (χ0) is 17.6. The highest BCUT2D eigenvalue weighted by Gasteiger charge is 2.20. The van der Waals surface area contributed by atoms with Crippen LogP contribution in [0.5, 0.6) is 0 Å². The van der Waals surface area contributed by atoms with Crippen LogP contribution in [0, 0.1) is 11.8 Å². The van der Waals surface area contributed by atoms with Crippen LogP contribution in [0.2, 0.25) is 0 Å². The molecule has 1 atom stereocenters. The third-order valence-corrected chi connectivity index (χ3v) is 6.26. The van der Waals surface area contributed by atoms with Crippen LogP contribution >= 0.6 is 11.8 Å².